The van der Waals surface area contributed by atoms with Gasteiger partial charge in [0.25, 0.3) is 5.69 Å². The number of carboxylic acid groups (broad SMARTS) is 2. The van der Waals surface area contributed by atoms with Gasteiger partial charge in [0.2, 0.25) is 0 Å². The zero-order valence-electron chi connectivity index (χ0n) is 8.78. The van der Waals surface area contributed by atoms with E-state index in [1.807, 2.05) is 0 Å². The van der Waals surface area contributed by atoms with E-state index in [4.69, 9.17) is 10.2 Å². The van der Waals surface area contributed by atoms with Crippen LogP contribution in [-0.2, 0) is 9.59 Å². The fraction of sp³-hybridized carbons (Fsp3) is 0.200. The van der Waals surface area contributed by atoms with E-state index >= 15 is 0 Å². The molecular weight excluding hydrogens is 230 g/mol. The fourth-order valence-corrected chi connectivity index (χ4v) is 1.47. The molecule has 2 N–H and O–H groups in total. The SMILES string of the molecule is Cc1cc([N+](=O)[O-])ccc1C(C(=O)O)C(=O)O. The van der Waals surface area contributed by atoms with Crippen LogP contribution in [0.1, 0.15) is 17.0 Å². The molecule has 0 unspecified atom stereocenters. The van der Waals surface area contributed by atoms with Crippen molar-refractivity contribution in [3.8, 4) is 0 Å². The van der Waals surface area contributed by atoms with Crippen molar-refractivity contribution in [3.63, 3.8) is 0 Å². The lowest BCUT2D eigenvalue weighted by Crippen LogP contribution is -2.21. The lowest BCUT2D eigenvalue weighted by Gasteiger charge is -2.10. The Hall–Kier alpha value is -2.44. The molecule has 0 bridgehead atoms. The summed E-state index contributed by atoms with van der Waals surface area (Å²) in [6.45, 7) is 1.43. The smallest absolute Gasteiger partial charge is 0.322 e. The van der Waals surface area contributed by atoms with Crippen LogP contribution in [-0.4, -0.2) is 27.1 Å². The predicted molar refractivity (Wildman–Crippen MR) is 55.8 cm³/mol. The first-order chi connectivity index (χ1) is 7.84. The second-order valence-corrected chi connectivity index (χ2v) is 3.41. The third-order valence-corrected chi connectivity index (χ3v) is 2.27. The molecule has 0 radical (unpaired) electrons. The summed E-state index contributed by atoms with van der Waals surface area (Å²) in [4.78, 5) is 31.4. The van der Waals surface area contributed by atoms with Crippen LogP contribution < -0.4 is 0 Å². The summed E-state index contributed by atoms with van der Waals surface area (Å²) in [5.74, 6) is -4.72. The summed E-state index contributed by atoms with van der Waals surface area (Å²) in [5.41, 5.74) is 0.0883. The molecule has 0 saturated heterocycles. The second-order valence-electron chi connectivity index (χ2n) is 3.41. The molecule has 0 heterocycles. The maximum absolute atomic E-state index is 10.8. The summed E-state index contributed by atoms with van der Waals surface area (Å²) in [6, 6.07) is 3.38. The average Bonchev–Trinajstić information content (AvgIpc) is 2.19. The van der Waals surface area contributed by atoms with Crippen molar-refractivity contribution >= 4 is 17.6 Å². The minimum Gasteiger partial charge on any atom is -0.480 e. The molecule has 90 valence electrons. The minimum atomic E-state index is -1.71. The van der Waals surface area contributed by atoms with E-state index in [9.17, 15) is 19.7 Å². The Morgan fingerprint density at radius 2 is 1.82 bits per heavy atom. The fourth-order valence-electron chi connectivity index (χ4n) is 1.47. The molecule has 0 aliphatic carbocycles. The highest BCUT2D eigenvalue weighted by molar-refractivity contribution is 5.99. The molecule has 0 amide bonds. The van der Waals surface area contributed by atoms with Gasteiger partial charge < -0.3 is 10.2 Å². The predicted octanol–water partition coefficient (Wildman–Crippen LogP) is 1.16. The molecule has 0 aromatic heterocycles. The molecule has 0 spiro atoms. The molecule has 0 aliphatic rings. The number of aliphatic carboxylic acids is 2. The Morgan fingerprint density at radius 3 is 2.18 bits per heavy atom. The molecule has 0 saturated carbocycles. The summed E-state index contributed by atoms with van der Waals surface area (Å²) in [7, 11) is 0. The molecule has 0 fully saturated rings. The van der Waals surface area contributed by atoms with Crippen molar-refractivity contribution in [1.29, 1.82) is 0 Å². The Kier molecular flexibility index (Phi) is 3.42. The van der Waals surface area contributed by atoms with E-state index in [0.717, 1.165) is 18.2 Å². The van der Waals surface area contributed by atoms with Crippen LogP contribution in [0.5, 0.6) is 0 Å². The number of benzene rings is 1. The zero-order valence-corrected chi connectivity index (χ0v) is 8.78. The van der Waals surface area contributed by atoms with Gasteiger partial charge in [0.15, 0.2) is 5.92 Å². The van der Waals surface area contributed by atoms with Gasteiger partial charge in [-0.25, -0.2) is 0 Å². The number of aryl methyl sites for hydroxylation is 1. The Labute approximate surface area is 95.5 Å². The highest BCUT2D eigenvalue weighted by Crippen LogP contribution is 2.24. The van der Waals surface area contributed by atoms with Crippen LogP contribution in [0.15, 0.2) is 18.2 Å². The highest BCUT2D eigenvalue weighted by Gasteiger charge is 2.29. The van der Waals surface area contributed by atoms with E-state index in [-0.39, 0.29) is 16.8 Å². The van der Waals surface area contributed by atoms with Gasteiger partial charge >= 0.3 is 11.9 Å². The maximum atomic E-state index is 10.8. The summed E-state index contributed by atoms with van der Waals surface area (Å²) < 4.78 is 0. The molecule has 17 heavy (non-hydrogen) atoms. The summed E-state index contributed by atoms with van der Waals surface area (Å²) >= 11 is 0. The van der Waals surface area contributed by atoms with Crippen molar-refractivity contribution in [3.05, 3.63) is 39.4 Å². The van der Waals surface area contributed by atoms with Gasteiger partial charge in [-0.05, 0) is 18.1 Å². The number of non-ortho nitro benzene ring substituents is 1. The molecule has 0 aliphatic heterocycles. The van der Waals surface area contributed by atoms with E-state index in [0.29, 0.717) is 0 Å². The number of nitrogens with zero attached hydrogens (tertiary/aromatic N) is 1. The van der Waals surface area contributed by atoms with Crippen LogP contribution in [0.3, 0.4) is 0 Å². The molecular formula is C10H9NO6. The molecule has 1 rings (SSSR count). The summed E-state index contributed by atoms with van der Waals surface area (Å²) in [5, 5.41) is 28.0. The minimum absolute atomic E-state index is 0.0376. The lowest BCUT2D eigenvalue weighted by atomic mass is 9.94. The van der Waals surface area contributed by atoms with Gasteiger partial charge in [0.1, 0.15) is 0 Å². The van der Waals surface area contributed by atoms with Crippen molar-refractivity contribution < 1.29 is 24.7 Å². The van der Waals surface area contributed by atoms with Gasteiger partial charge in [-0.15, -0.1) is 0 Å². The van der Waals surface area contributed by atoms with Crippen molar-refractivity contribution in [2.45, 2.75) is 12.8 Å². The second kappa shape index (κ2) is 4.60. The Morgan fingerprint density at radius 1 is 1.29 bits per heavy atom. The van der Waals surface area contributed by atoms with Crippen LogP contribution in [0.2, 0.25) is 0 Å². The number of nitro groups is 1. The lowest BCUT2D eigenvalue weighted by molar-refractivity contribution is -0.384. The first-order valence-corrected chi connectivity index (χ1v) is 4.55. The van der Waals surface area contributed by atoms with Crippen molar-refractivity contribution in [1.82, 2.24) is 0 Å². The van der Waals surface area contributed by atoms with Gasteiger partial charge in [0, 0.05) is 12.1 Å². The molecule has 0 atom stereocenters. The van der Waals surface area contributed by atoms with Crippen LogP contribution in [0, 0.1) is 17.0 Å². The van der Waals surface area contributed by atoms with Gasteiger partial charge in [-0.2, -0.15) is 0 Å². The number of rotatable bonds is 4. The van der Waals surface area contributed by atoms with Gasteiger partial charge in [-0.3, -0.25) is 19.7 Å². The number of carbonyl (C=O) groups is 2. The number of hydrogen-bond donors (Lipinski definition) is 2. The van der Waals surface area contributed by atoms with Crippen LogP contribution in [0.25, 0.3) is 0 Å². The molecule has 7 heteroatoms. The topological polar surface area (TPSA) is 118 Å². The number of carboxylic acids is 2. The Balaban J connectivity index is 3.27. The van der Waals surface area contributed by atoms with Crippen molar-refractivity contribution in [2.75, 3.05) is 0 Å². The van der Waals surface area contributed by atoms with E-state index < -0.39 is 22.8 Å². The van der Waals surface area contributed by atoms with E-state index in [1.165, 1.54) is 6.92 Å². The van der Waals surface area contributed by atoms with Crippen LogP contribution in [0.4, 0.5) is 5.69 Å². The number of nitro benzene ring substituents is 1. The normalized spacial score (nSPS) is 10.2. The highest BCUT2D eigenvalue weighted by atomic mass is 16.6. The third kappa shape index (κ3) is 2.57. The average molecular weight is 239 g/mol. The first kappa shape index (κ1) is 12.6. The summed E-state index contributed by atoms with van der Waals surface area (Å²) in [6.07, 6.45) is 0. The maximum Gasteiger partial charge on any atom is 0.322 e. The monoisotopic (exact) mass is 239 g/mol. The molecule has 1 aromatic rings. The van der Waals surface area contributed by atoms with Gasteiger partial charge in [0.05, 0.1) is 4.92 Å². The first-order valence-electron chi connectivity index (χ1n) is 4.55. The quantitative estimate of drug-likeness (QED) is 0.462. The Bertz CT molecular complexity index is 482. The third-order valence-electron chi connectivity index (χ3n) is 2.27. The van der Waals surface area contributed by atoms with Crippen LogP contribution >= 0.6 is 0 Å². The largest absolute Gasteiger partial charge is 0.480 e. The molecule has 1 aromatic carbocycles. The van der Waals surface area contributed by atoms with Gasteiger partial charge in [-0.1, -0.05) is 6.07 Å². The molecule has 7 nitrogen and oxygen atoms in total. The number of hydrogen-bond acceptors (Lipinski definition) is 4. The standard InChI is InChI=1S/C10H9NO6/c1-5-4-6(11(16)17)2-3-7(5)8(9(12)13)10(14)15/h2-4,8H,1H3,(H,12,13)(H,14,15). The van der Waals surface area contributed by atoms with E-state index in [2.05, 4.69) is 0 Å². The zero-order chi connectivity index (χ0) is 13.2. The van der Waals surface area contributed by atoms with Crippen molar-refractivity contribution in [2.24, 2.45) is 0 Å². The van der Waals surface area contributed by atoms with E-state index in [1.54, 1.807) is 0 Å².